The Bertz CT molecular complexity index is 547. The largest absolute Gasteiger partial charge is 0.477 e. The van der Waals surface area contributed by atoms with Crippen LogP contribution in [0, 0.1) is 4.51 Å². The Morgan fingerprint density at radius 1 is 1.36 bits per heavy atom. The van der Waals surface area contributed by atoms with Crippen LogP contribution in [0.3, 0.4) is 0 Å². The molecule has 1 aromatic rings. The number of hydrogen-bond donors (Lipinski definition) is 2. The van der Waals surface area contributed by atoms with Gasteiger partial charge in [-0.05, 0) is 22.9 Å². The Kier molecular flexibility index (Phi) is 2.18. The number of fused-ring (bicyclic) bond motifs is 1. The molecule has 2 N–H and O–H groups in total. The maximum Gasteiger partial charge on any atom is 0.345 e. The van der Waals surface area contributed by atoms with Crippen molar-refractivity contribution in [2.75, 3.05) is 0 Å². The van der Waals surface area contributed by atoms with Crippen molar-refractivity contribution < 1.29 is 14.5 Å². The van der Waals surface area contributed by atoms with Gasteiger partial charge in [0.1, 0.15) is 4.91 Å². The summed E-state index contributed by atoms with van der Waals surface area (Å²) in [6.45, 7) is 0. The Morgan fingerprint density at radius 2 is 2.07 bits per heavy atom. The van der Waals surface area contributed by atoms with Crippen LogP contribution in [0.5, 0.6) is 0 Å². The Morgan fingerprint density at radius 3 is 2.79 bits per heavy atom. The molecule has 14 heavy (non-hydrogen) atoms. The predicted molar refractivity (Wildman–Crippen MR) is 52.4 cm³/mol. The van der Waals surface area contributed by atoms with Gasteiger partial charge >= 0.3 is 5.97 Å². The second-order valence-electron chi connectivity index (χ2n) is 2.68. The van der Waals surface area contributed by atoms with E-state index in [-0.39, 0.29) is 4.91 Å². The molecule has 1 heterocycles. The van der Waals surface area contributed by atoms with Gasteiger partial charge in [0, 0.05) is 0 Å². The number of carboxylic acid groups (broad SMARTS) is 1. The highest BCUT2D eigenvalue weighted by Crippen LogP contribution is 2.25. The fourth-order valence-electron chi connectivity index (χ4n) is 1.16. The van der Waals surface area contributed by atoms with E-state index in [0.29, 0.717) is 9.87 Å². The van der Waals surface area contributed by atoms with Gasteiger partial charge in [0.25, 0.3) is 0 Å². The minimum Gasteiger partial charge on any atom is -0.477 e. The lowest BCUT2D eigenvalue weighted by Gasteiger charge is -2.05. The molecule has 5 heteroatoms. The normalized spacial score (nSPS) is 19.2. The van der Waals surface area contributed by atoms with Gasteiger partial charge in [-0.15, -0.1) is 0 Å². The van der Waals surface area contributed by atoms with Gasteiger partial charge in [-0.1, -0.05) is 12.1 Å². The summed E-state index contributed by atoms with van der Waals surface area (Å²) >= 11 is 0. The molecular weight excluding hydrogens is 202 g/mol. The third kappa shape index (κ3) is 1.36. The summed E-state index contributed by atoms with van der Waals surface area (Å²) in [6, 6.07) is 6.95. The maximum atomic E-state index is 10.7. The summed E-state index contributed by atoms with van der Waals surface area (Å²) in [6.07, 6.45) is 1.20. The zero-order chi connectivity index (χ0) is 10.1. The molecule has 1 aliphatic heterocycles. The Hall–Kier alpha value is -1.46. The van der Waals surface area contributed by atoms with E-state index in [2.05, 4.69) is 4.99 Å². The van der Waals surface area contributed by atoms with Crippen LogP contribution in [-0.2, 0) is 4.79 Å². The average Bonchev–Trinajstić information content (AvgIpc) is 2.18. The first-order valence-electron chi connectivity index (χ1n) is 3.87. The molecule has 0 saturated carbocycles. The zero-order valence-electron chi connectivity index (χ0n) is 7.04. The van der Waals surface area contributed by atoms with E-state index in [0.717, 1.165) is 0 Å². The van der Waals surface area contributed by atoms with E-state index in [9.17, 15) is 9.35 Å². The summed E-state index contributed by atoms with van der Waals surface area (Å²) in [4.78, 5) is 14.6. The van der Waals surface area contributed by atoms with Gasteiger partial charge in [0.15, 0.2) is 0 Å². The van der Waals surface area contributed by atoms with Crippen LogP contribution in [0.1, 0.15) is 0 Å². The molecule has 2 rings (SSSR count). The van der Waals surface area contributed by atoms with E-state index < -0.39 is 16.7 Å². The number of para-hydroxylation sites is 1. The SMILES string of the molecule is O=C(O)C1=CN=c2ccccc2=S1O. The standard InChI is InChI=1S/C9H7NO3S/c11-9(12)8-5-10-6-3-1-2-4-7(6)14(8)13/h1-5,13H,(H,11,12). The Balaban J connectivity index is 2.79. The van der Waals surface area contributed by atoms with Crippen LogP contribution < -0.4 is 5.36 Å². The molecule has 0 fully saturated rings. The topological polar surface area (TPSA) is 69.9 Å². The van der Waals surface area contributed by atoms with Crippen molar-refractivity contribution in [3.63, 3.8) is 0 Å². The quantitative estimate of drug-likeness (QED) is 0.683. The van der Waals surface area contributed by atoms with Crippen molar-refractivity contribution in [1.82, 2.24) is 0 Å². The number of hydrogen-bond acceptors (Lipinski definition) is 3. The highest BCUT2D eigenvalue weighted by atomic mass is 32.2. The lowest BCUT2D eigenvalue weighted by molar-refractivity contribution is -0.131. The molecule has 0 aromatic heterocycles. The molecule has 1 unspecified atom stereocenters. The molecule has 0 spiro atoms. The number of carbonyl (C=O) groups is 1. The molecule has 0 radical (unpaired) electrons. The van der Waals surface area contributed by atoms with Crippen molar-refractivity contribution in [2.45, 2.75) is 0 Å². The third-order valence-corrected chi connectivity index (χ3v) is 3.27. The second kappa shape index (κ2) is 3.36. The molecule has 0 aliphatic carbocycles. The van der Waals surface area contributed by atoms with Crippen molar-refractivity contribution in [2.24, 2.45) is 4.99 Å². The highest BCUT2D eigenvalue weighted by molar-refractivity contribution is 8.08. The maximum absolute atomic E-state index is 10.7. The predicted octanol–water partition coefficient (Wildman–Crippen LogP) is 1.24. The molecule has 4 nitrogen and oxygen atoms in total. The van der Waals surface area contributed by atoms with Gasteiger partial charge in [-0.25, -0.2) is 4.79 Å². The first-order chi connectivity index (χ1) is 6.70. The minimum atomic E-state index is -1.37. The number of carboxylic acids is 1. The third-order valence-electron chi connectivity index (χ3n) is 1.81. The van der Waals surface area contributed by atoms with Gasteiger partial charge in [0.2, 0.25) is 0 Å². The summed E-state index contributed by atoms with van der Waals surface area (Å²) in [7, 11) is -1.37. The summed E-state index contributed by atoms with van der Waals surface area (Å²) in [5, 5.41) is 9.38. The number of benzene rings is 1. The molecule has 1 aliphatic rings. The summed E-state index contributed by atoms with van der Waals surface area (Å²) in [5.74, 6) is -1.13. The summed E-state index contributed by atoms with van der Waals surface area (Å²) < 4.78 is 10.3. The van der Waals surface area contributed by atoms with Crippen LogP contribution >= 0.6 is 10.8 Å². The number of rotatable bonds is 1. The van der Waals surface area contributed by atoms with E-state index in [1.165, 1.54) is 6.20 Å². The molecule has 0 saturated heterocycles. The Labute approximate surface area is 82.0 Å². The first-order valence-corrected chi connectivity index (χ1v) is 5.05. The van der Waals surface area contributed by atoms with Crippen LogP contribution in [0.2, 0.25) is 0 Å². The molecule has 72 valence electrons. The monoisotopic (exact) mass is 209 g/mol. The smallest absolute Gasteiger partial charge is 0.345 e. The van der Waals surface area contributed by atoms with E-state index in [1.807, 2.05) is 0 Å². The van der Waals surface area contributed by atoms with Crippen molar-refractivity contribution >= 4 is 16.7 Å². The molecule has 1 aromatic carbocycles. The van der Waals surface area contributed by atoms with Crippen LogP contribution in [-0.4, -0.2) is 15.6 Å². The van der Waals surface area contributed by atoms with Gasteiger partial charge in [0.05, 0.1) is 16.1 Å². The number of aliphatic carboxylic acids is 1. The first kappa shape index (κ1) is 9.11. The minimum absolute atomic E-state index is 0.0660. The fraction of sp³-hybridized carbons (Fsp3) is 0. The highest BCUT2D eigenvalue weighted by Gasteiger charge is 2.13. The molecule has 1 atom stereocenters. The average molecular weight is 209 g/mol. The number of nitrogens with zero attached hydrogens (tertiary/aromatic N) is 1. The molecule has 0 bridgehead atoms. The summed E-state index contributed by atoms with van der Waals surface area (Å²) in [5.41, 5.74) is 0. The van der Waals surface area contributed by atoms with Crippen LogP contribution in [0.25, 0.3) is 0 Å². The van der Waals surface area contributed by atoms with Crippen LogP contribution in [0.15, 0.2) is 40.4 Å². The lowest BCUT2D eigenvalue weighted by Crippen LogP contribution is -2.09. The van der Waals surface area contributed by atoms with Crippen molar-refractivity contribution in [3.05, 3.63) is 45.2 Å². The van der Waals surface area contributed by atoms with Gasteiger partial charge in [-0.3, -0.25) is 4.99 Å². The van der Waals surface area contributed by atoms with Crippen LogP contribution in [0.4, 0.5) is 0 Å². The second-order valence-corrected chi connectivity index (χ2v) is 4.13. The van der Waals surface area contributed by atoms with E-state index in [1.54, 1.807) is 24.3 Å². The lowest BCUT2D eigenvalue weighted by atomic mass is 10.3. The van der Waals surface area contributed by atoms with Crippen molar-refractivity contribution in [1.29, 1.82) is 0 Å². The van der Waals surface area contributed by atoms with Gasteiger partial charge in [-0.2, -0.15) is 0 Å². The van der Waals surface area contributed by atoms with E-state index in [4.69, 9.17) is 5.11 Å². The zero-order valence-corrected chi connectivity index (χ0v) is 7.86. The molecule has 0 amide bonds. The van der Waals surface area contributed by atoms with Gasteiger partial charge < -0.3 is 9.66 Å². The van der Waals surface area contributed by atoms with E-state index >= 15 is 0 Å². The fourth-order valence-corrected chi connectivity index (χ4v) is 2.24. The van der Waals surface area contributed by atoms with Crippen molar-refractivity contribution in [3.8, 4) is 0 Å². The molecular formula is C9H7NO3S.